The van der Waals surface area contributed by atoms with Crippen LogP contribution in [0.15, 0.2) is 24.5 Å². The summed E-state index contributed by atoms with van der Waals surface area (Å²) in [5.74, 6) is 0. The fraction of sp³-hybridized carbons (Fsp3) is 0.462. The van der Waals surface area contributed by atoms with E-state index in [9.17, 15) is 0 Å². The minimum atomic E-state index is 0.576. The highest BCUT2D eigenvalue weighted by molar-refractivity contribution is 6.33. The summed E-state index contributed by atoms with van der Waals surface area (Å²) in [7, 11) is 0. The molecule has 0 spiro atoms. The molecule has 0 saturated carbocycles. The molecule has 90 valence electrons. The van der Waals surface area contributed by atoms with Gasteiger partial charge < -0.3 is 9.72 Å². The van der Waals surface area contributed by atoms with Crippen molar-refractivity contribution >= 4 is 17.2 Å². The van der Waals surface area contributed by atoms with Crippen LogP contribution in [-0.4, -0.2) is 22.0 Å². The molecule has 2 aromatic rings. The third-order valence-electron chi connectivity index (χ3n) is 3.35. The smallest absolute Gasteiger partial charge is 0.155 e. The zero-order chi connectivity index (χ0) is 11.7. The largest absolute Gasteiger partial charge is 0.314 e. The maximum Gasteiger partial charge on any atom is 0.155 e. The number of piperidine rings is 1. The second kappa shape index (κ2) is 4.67. The Kier molecular flexibility index (Phi) is 3.04. The van der Waals surface area contributed by atoms with Crippen molar-refractivity contribution in [2.24, 2.45) is 0 Å². The third kappa shape index (κ3) is 2.31. The van der Waals surface area contributed by atoms with Gasteiger partial charge in [0.05, 0.1) is 10.7 Å². The van der Waals surface area contributed by atoms with Crippen molar-refractivity contribution in [3.8, 4) is 0 Å². The average Bonchev–Trinajstić information content (AvgIpc) is 2.74. The van der Waals surface area contributed by atoms with E-state index in [2.05, 4.69) is 16.5 Å². The molecular weight excluding hydrogens is 234 g/mol. The highest BCUT2D eigenvalue weighted by Crippen LogP contribution is 2.18. The summed E-state index contributed by atoms with van der Waals surface area (Å²) in [6, 6.07) is 4.40. The first-order valence-electron chi connectivity index (χ1n) is 6.18. The summed E-state index contributed by atoms with van der Waals surface area (Å²) in [5, 5.41) is 4.26. The number of halogens is 1. The number of pyridine rings is 1. The van der Waals surface area contributed by atoms with E-state index < -0.39 is 0 Å². The Morgan fingerprint density at radius 2 is 2.41 bits per heavy atom. The summed E-state index contributed by atoms with van der Waals surface area (Å²) in [6.07, 6.45) is 8.95. The van der Waals surface area contributed by atoms with E-state index in [0.29, 0.717) is 6.04 Å². The van der Waals surface area contributed by atoms with Gasteiger partial charge in [-0.3, -0.25) is 0 Å². The van der Waals surface area contributed by atoms with Gasteiger partial charge in [0.25, 0.3) is 0 Å². The fourth-order valence-electron chi connectivity index (χ4n) is 2.48. The van der Waals surface area contributed by atoms with Crippen LogP contribution < -0.4 is 5.32 Å². The molecule has 1 aliphatic heterocycles. The number of aromatic nitrogens is 2. The van der Waals surface area contributed by atoms with Gasteiger partial charge in [0.1, 0.15) is 0 Å². The Balaban J connectivity index is 1.83. The summed E-state index contributed by atoms with van der Waals surface area (Å²) in [5.41, 5.74) is 1.98. The molecule has 3 heterocycles. The van der Waals surface area contributed by atoms with Crippen LogP contribution in [0.25, 0.3) is 5.65 Å². The molecule has 1 atom stereocenters. The summed E-state index contributed by atoms with van der Waals surface area (Å²) < 4.78 is 2.00. The van der Waals surface area contributed by atoms with Crippen LogP contribution >= 0.6 is 11.6 Å². The molecule has 3 nitrogen and oxygen atoms in total. The maximum absolute atomic E-state index is 6.11. The van der Waals surface area contributed by atoms with Gasteiger partial charge in [0, 0.05) is 24.9 Å². The lowest BCUT2D eigenvalue weighted by Gasteiger charge is -2.22. The van der Waals surface area contributed by atoms with Crippen molar-refractivity contribution in [1.29, 1.82) is 0 Å². The molecule has 1 N–H and O–H groups in total. The third-order valence-corrected chi connectivity index (χ3v) is 3.65. The highest BCUT2D eigenvalue weighted by atomic mass is 35.5. The van der Waals surface area contributed by atoms with Crippen LogP contribution in [0.5, 0.6) is 0 Å². The molecule has 0 aliphatic carbocycles. The first-order valence-corrected chi connectivity index (χ1v) is 6.56. The van der Waals surface area contributed by atoms with Crippen molar-refractivity contribution in [3.63, 3.8) is 0 Å². The predicted octanol–water partition coefficient (Wildman–Crippen LogP) is 2.67. The SMILES string of the molecule is Clc1cccn2cc(CC3CCCCN3)nc12. The lowest BCUT2D eigenvalue weighted by Crippen LogP contribution is -2.35. The van der Waals surface area contributed by atoms with Crippen LogP contribution in [0.2, 0.25) is 5.02 Å². The number of fused-ring (bicyclic) bond motifs is 1. The summed E-state index contributed by atoms with van der Waals surface area (Å²) in [4.78, 5) is 4.60. The number of hydrogen-bond donors (Lipinski definition) is 1. The monoisotopic (exact) mass is 249 g/mol. The van der Waals surface area contributed by atoms with E-state index in [4.69, 9.17) is 11.6 Å². The molecule has 0 amide bonds. The lowest BCUT2D eigenvalue weighted by molar-refractivity contribution is 0.397. The Morgan fingerprint density at radius 1 is 1.47 bits per heavy atom. The molecule has 1 fully saturated rings. The number of nitrogens with zero attached hydrogens (tertiary/aromatic N) is 2. The summed E-state index contributed by atoms with van der Waals surface area (Å²) in [6.45, 7) is 1.14. The Morgan fingerprint density at radius 3 is 3.18 bits per heavy atom. The average molecular weight is 250 g/mol. The standard InChI is InChI=1S/C13H16ClN3/c14-12-5-3-7-17-9-11(16-13(12)17)8-10-4-1-2-6-15-10/h3,5,7,9-10,15H,1-2,4,6,8H2. The molecule has 1 saturated heterocycles. The Labute approximate surface area is 106 Å². The van der Waals surface area contributed by atoms with Crippen LogP contribution in [0.4, 0.5) is 0 Å². The molecule has 0 aromatic carbocycles. The fourth-order valence-corrected chi connectivity index (χ4v) is 2.69. The molecule has 17 heavy (non-hydrogen) atoms. The molecule has 2 aromatic heterocycles. The van der Waals surface area contributed by atoms with Crippen LogP contribution in [0, 0.1) is 0 Å². The molecule has 4 heteroatoms. The first-order chi connectivity index (χ1) is 8.33. The number of nitrogens with one attached hydrogen (secondary N) is 1. The molecule has 1 unspecified atom stereocenters. The molecule has 0 bridgehead atoms. The van der Waals surface area contributed by atoms with E-state index in [0.717, 1.165) is 29.3 Å². The van der Waals surface area contributed by atoms with Gasteiger partial charge in [0.2, 0.25) is 0 Å². The minimum Gasteiger partial charge on any atom is -0.314 e. The van der Waals surface area contributed by atoms with E-state index in [1.165, 1.54) is 19.3 Å². The predicted molar refractivity (Wildman–Crippen MR) is 69.5 cm³/mol. The normalized spacial score (nSPS) is 20.9. The van der Waals surface area contributed by atoms with Gasteiger partial charge in [-0.05, 0) is 31.5 Å². The van der Waals surface area contributed by atoms with Crippen LogP contribution in [0.3, 0.4) is 0 Å². The van der Waals surface area contributed by atoms with Crippen molar-refractivity contribution in [2.75, 3.05) is 6.54 Å². The van der Waals surface area contributed by atoms with E-state index >= 15 is 0 Å². The quantitative estimate of drug-likeness (QED) is 0.887. The van der Waals surface area contributed by atoms with Crippen molar-refractivity contribution in [1.82, 2.24) is 14.7 Å². The lowest BCUT2D eigenvalue weighted by atomic mass is 10.0. The van der Waals surface area contributed by atoms with Crippen molar-refractivity contribution < 1.29 is 0 Å². The topological polar surface area (TPSA) is 29.3 Å². The van der Waals surface area contributed by atoms with Gasteiger partial charge in [0.15, 0.2) is 5.65 Å². The van der Waals surface area contributed by atoms with Crippen LogP contribution in [0.1, 0.15) is 25.0 Å². The van der Waals surface area contributed by atoms with Crippen molar-refractivity contribution in [3.05, 3.63) is 35.2 Å². The Hall–Kier alpha value is -1.06. The van der Waals surface area contributed by atoms with Gasteiger partial charge in [-0.15, -0.1) is 0 Å². The van der Waals surface area contributed by atoms with Gasteiger partial charge in [-0.1, -0.05) is 18.0 Å². The molecule has 1 aliphatic rings. The van der Waals surface area contributed by atoms with Gasteiger partial charge >= 0.3 is 0 Å². The number of hydrogen-bond acceptors (Lipinski definition) is 2. The van der Waals surface area contributed by atoms with Gasteiger partial charge in [-0.25, -0.2) is 4.98 Å². The van der Waals surface area contributed by atoms with E-state index in [-0.39, 0.29) is 0 Å². The molecule has 0 radical (unpaired) electrons. The zero-order valence-corrected chi connectivity index (χ0v) is 10.5. The molecular formula is C13H16ClN3. The van der Waals surface area contributed by atoms with Crippen molar-refractivity contribution in [2.45, 2.75) is 31.7 Å². The second-order valence-corrected chi connectivity index (χ2v) is 5.08. The number of rotatable bonds is 2. The first kappa shape index (κ1) is 11.1. The minimum absolute atomic E-state index is 0.576. The van der Waals surface area contributed by atoms with Gasteiger partial charge in [-0.2, -0.15) is 0 Å². The zero-order valence-electron chi connectivity index (χ0n) is 9.69. The van der Waals surface area contributed by atoms with E-state index in [1.807, 2.05) is 22.7 Å². The Bertz CT molecular complexity index is 514. The highest BCUT2D eigenvalue weighted by Gasteiger charge is 2.15. The second-order valence-electron chi connectivity index (χ2n) is 4.67. The maximum atomic E-state index is 6.11. The van der Waals surface area contributed by atoms with E-state index in [1.54, 1.807) is 0 Å². The number of imidazole rings is 1. The summed E-state index contributed by atoms with van der Waals surface area (Å²) >= 11 is 6.11. The molecule has 3 rings (SSSR count). The van der Waals surface area contributed by atoms with Crippen LogP contribution in [-0.2, 0) is 6.42 Å².